The number of carbonyl (C=O) groups is 1. The number of hydrogen-bond donors (Lipinski definition) is 0. The first-order valence-corrected chi connectivity index (χ1v) is 11.2. The van der Waals surface area contributed by atoms with Crippen molar-refractivity contribution in [1.29, 1.82) is 0 Å². The summed E-state index contributed by atoms with van der Waals surface area (Å²) in [6.07, 6.45) is 33.4. The van der Waals surface area contributed by atoms with Gasteiger partial charge < -0.3 is 9.47 Å². The molecule has 0 saturated carbocycles. The lowest BCUT2D eigenvalue weighted by molar-refractivity contribution is -0.00738. The predicted octanol–water partition coefficient (Wildman–Crippen LogP) is 8.42. The van der Waals surface area contributed by atoms with Gasteiger partial charge in [-0.05, 0) is 72.1 Å². The first-order valence-electron chi connectivity index (χ1n) is 11.2. The average Bonchev–Trinajstić information content (AvgIpc) is 2.68. The van der Waals surface area contributed by atoms with Crippen LogP contribution in [0.2, 0.25) is 0 Å². The second-order valence-corrected chi connectivity index (χ2v) is 7.87. The molecule has 0 aliphatic rings. The molecule has 0 aliphatic carbocycles. The van der Waals surface area contributed by atoms with Crippen LogP contribution in [0.5, 0.6) is 0 Å². The molecule has 3 heteroatoms. The van der Waals surface area contributed by atoms with Gasteiger partial charge in [-0.15, -0.1) is 0 Å². The Balaban J connectivity index is 3.56. The number of carbonyl (C=O) groups excluding carboxylic acids is 1. The molecule has 3 nitrogen and oxygen atoms in total. The van der Waals surface area contributed by atoms with Crippen molar-refractivity contribution in [1.82, 2.24) is 0 Å². The fourth-order valence-electron chi connectivity index (χ4n) is 2.28. The molecule has 0 saturated heterocycles. The molecule has 0 rings (SSSR count). The molecule has 0 bridgehead atoms. The summed E-state index contributed by atoms with van der Waals surface area (Å²) in [6.45, 7) is 8.02. The van der Waals surface area contributed by atoms with Crippen LogP contribution in [-0.4, -0.2) is 18.4 Å². The third-order valence-corrected chi connectivity index (χ3v) is 3.72. The minimum atomic E-state index is -0.592. The van der Waals surface area contributed by atoms with Crippen molar-refractivity contribution in [3.05, 3.63) is 72.9 Å². The molecule has 0 spiro atoms. The van der Waals surface area contributed by atoms with E-state index < -0.39 is 11.8 Å². The standard InChI is InChI=1S/C27H42O3/c1-5-6-7-8-9-10-11-12-13-14-15-16-17-18-19-20-21-22-23-24-25-29-26(28)30-27(2,3)4/h6-7,9-10,12-13,15-16,18-19,21-22H,5,8,11,14,17,20,23-25H2,1-4H3/b7-6-,10-9-,13-12-,16-15-,19-18-,22-21-. The van der Waals surface area contributed by atoms with Crippen LogP contribution in [-0.2, 0) is 9.47 Å². The quantitative estimate of drug-likeness (QED) is 0.153. The van der Waals surface area contributed by atoms with Crippen molar-refractivity contribution in [2.45, 2.75) is 84.7 Å². The predicted molar refractivity (Wildman–Crippen MR) is 130 cm³/mol. The maximum absolute atomic E-state index is 11.4. The van der Waals surface area contributed by atoms with Crippen LogP contribution in [0.3, 0.4) is 0 Å². The summed E-state index contributed by atoms with van der Waals surface area (Å²) in [5, 5.41) is 0. The van der Waals surface area contributed by atoms with Crippen LogP contribution in [0.4, 0.5) is 4.79 Å². The van der Waals surface area contributed by atoms with Crippen LogP contribution in [0.1, 0.15) is 79.1 Å². The first-order chi connectivity index (χ1) is 14.5. The lowest BCUT2D eigenvalue weighted by Gasteiger charge is -2.18. The van der Waals surface area contributed by atoms with Crippen LogP contribution >= 0.6 is 0 Å². The van der Waals surface area contributed by atoms with E-state index in [1.807, 2.05) is 20.8 Å². The Bertz CT molecular complexity index is 584. The maximum atomic E-state index is 11.4. The summed E-state index contributed by atoms with van der Waals surface area (Å²) in [7, 11) is 0. The van der Waals surface area contributed by atoms with Gasteiger partial charge in [-0.25, -0.2) is 4.79 Å². The van der Waals surface area contributed by atoms with Gasteiger partial charge >= 0.3 is 6.16 Å². The molecule has 0 unspecified atom stereocenters. The van der Waals surface area contributed by atoms with E-state index in [1.54, 1.807) is 0 Å². The van der Waals surface area contributed by atoms with E-state index in [4.69, 9.17) is 9.47 Å². The molecule has 0 fully saturated rings. The molecule has 0 atom stereocenters. The fourth-order valence-corrected chi connectivity index (χ4v) is 2.28. The molecule has 0 radical (unpaired) electrons. The minimum absolute atomic E-state index is 0.390. The van der Waals surface area contributed by atoms with Gasteiger partial charge in [0.2, 0.25) is 0 Å². The molecule has 0 aromatic rings. The van der Waals surface area contributed by atoms with Gasteiger partial charge in [-0.3, -0.25) is 0 Å². The zero-order valence-corrected chi connectivity index (χ0v) is 19.5. The van der Waals surface area contributed by atoms with E-state index in [2.05, 4.69) is 79.8 Å². The van der Waals surface area contributed by atoms with Crippen LogP contribution < -0.4 is 0 Å². The van der Waals surface area contributed by atoms with Gasteiger partial charge in [-0.2, -0.15) is 0 Å². The molecular formula is C27H42O3. The largest absolute Gasteiger partial charge is 0.508 e. The Hall–Kier alpha value is -2.29. The third-order valence-electron chi connectivity index (χ3n) is 3.72. The zero-order chi connectivity index (χ0) is 22.3. The Morgan fingerprint density at radius 2 is 1.07 bits per heavy atom. The number of allylic oxidation sites excluding steroid dienone is 12. The topological polar surface area (TPSA) is 35.5 Å². The number of ether oxygens (including phenoxy) is 2. The Morgan fingerprint density at radius 3 is 1.47 bits per heavy atom. The molecule has 0 aromatic carbocycles. The number of hydrogen-bond acceptors (Lipinski definition) is 3. The molecule has 30 heavy (non-hydrogen) atoms. The van der Waals surface area contributed by atoms with Gasteiger partial charge in [0.25, 0.3) is 0 Å². The van der Waals surface area contributed by atoms with Gasteiger partial charge in [0, 0.05) is 0 Å². The summed E-state index contributed by atoms with van der Waals surface area (Å²) in [5.41, 5.74) is -0.502. The summed E-state index contributed by atoms with van der Waals surface area (Å²) < 4.78 is 10.1. The zero-order valence-electron chi connectivity index (χ0n) is 19.5. The number of unbranched alkanes of at least 4 members (excludes halogenated alkanes) is 1. The lowest BCUT2D eigenvalue weighted by atomic mass is 10.2. The third kappa shape index (κ3) is 23.7. The van der Waals surface area contributed by atoms with E-state index in [0.29, 0.717) is 6.61 Å². The second-order valence-electron chi connectivity index (χ2n) is 7.87. The summed E-state index contributed by atoms with van der Waals surface area (Å²) >= 11 is 0. The van der Waals surface area contributed by atoms with Crippen LogP contribution in [0.15, 0.2) is 72.9 Å². The minimum Gasteiger partial charge on any atom is -0.434 e. The molecule has 168 valence electrons. The smallest absolute Gasteiger partial charge is 0.434 e. The second kappa shape index (κ2) is 20.0. The van der Waals surface area contributed by atoms with Crippen molar-refractivity contribution < 1.29 is 14.3 Å². The summed E-state index contributed by atoms with van der Waals surface area (Å²) in [6, 6.07) is 0. The average molecular weight is 415 g/mol. The lowest BCUT2D eigenvalue weighted by Crippen LogP contribution is -2.24. The maximum Gasteiger partial charge on any atom is 0.508 e. The summed E-state index contributed by atoms with van der Waals surface area (Å²) in [5.74, 6) is 0. The van der Waals surface area contributed by atoms with Gasteiger partial charge in [0.1, 0.15) is 5.60 Å². The molecule has 0 aromatic heterocycles. The summed E-state index contributed by atoms with van der Waals surface area (Å²) in [4.78, 5) is 11.4. The van der Waals surface area contributed by atoms with E-state index >= 15 is 0 Å². The highest BCUT2D eigenvalue weighted by Gasteiger charge is 2.16. The molecule has 0 N–H and O–H groups in total. The van der Waals surface area contributed by atoms with E-state index in [1.165, 1.54) is 0 Å². The SMILES string of the molecule is CC/C=C\C/C=C\C/C=C\C/C=C\C/C=C\C/C=C\CCCOC(=O)OC(C)(C)C. The highest BCUT2D eigenvalue weighted by atomic mass is 16.7. The Kier molecular flexibility index (Phi) is 18.5. The monoisotopic (exact) mass is 414 g/mol. The van der Waals surface area contributed by atoms with E-state index in [-0.39, 0.29) is 0 Å². The Morgan fingerprint density at radius 1 is 0.667 bits per heavy atom. The highest BCUT2D eigenvalue weighted by molar-refractivity contribution is 5.60. The molecular weight excluding hydrogens is 372 g/mol. The van der Waals surface area contributed by atoms with Crippen LogP contribution in [0, 0.1) is 0 Å². The van der Waals surface area contributed by atoms with Crippen molar-refractivity contribution in [3.63, 3.8) is 0 Å². The van der Waals surface area contributed by atoms with E-state index in [9.17, 15) is 4.79 Å². The first kappa shape index (κ1) is 27.7. The van der Waals surface area contributed by atoms with Gasteiger partial charge in [0.15, 0.2) is 0 Å². The van der Waals surface area contributed by atoms with Crippen LogP contribution in [0.25, 0.3) is 0 Å². The van der Waals surface area contributed by atoms with Crippen molar-refractivity contribution in [2.24, 2.45) is 0 Å². The van der Waals surface area contributed by atoms with E-state index in [0.717, 1.165) is 51.4 Å². The van der Waals surface area contributed by atoms with Crippen molar-refractivity contribution >= 4 is 6.16 Å². The highest BCUT2D eigenvalue weighted by Crippen LogP contribution is 2.08. The molecule has 0 heterocycles. The molecule has 0 amide bonds. The van der Waals surface area contributed by atoms with Crippen molar-refractivity contribution in [3.8, 4) is 0 Å². The molecule has 0 aliphatic heterocycles. The van der Waals surface area contributed by atoms with Crippen molar-refractivity contribution in [2.75, 3.05) is 6.61 Å². The van der Waals surface area contributed by atoms with Gasteiger partial charge in [-0.1, -0.05) is 79.8 Å². The fraction of sp³-hybridized carbons (Fsp3) is 0.519. The normalized spacial score (nSPS) is 13.2. The Labute approximate surface area is 184 Å². The number of rotatable bonds is 15. The van der Waals surface area contributed by atoms with Gasteiger partial charge in [0.05, 0.1) is 6.61 Å².